The third kappa shape index (κ3) is 15.7. The van der Waals surface area contributed by atoms with Gasteiger partial charge in [-0.1, -0.05) is 44.7 Å². The van der Waals surface area contributed by atoms with E-state index in [-0.39, 0.29) is 17.8 Å². The lowest BCUT2D eigenvalue weighted by Gasteiger charge is -2.47. The number of urea groups is 2. The van der Waals surface area contributed by atoms with Gasteiger partial charge in [0, 0.05) is 24.2 Å². The highest BCUT2D eigenvalue weighted by Crippen LogP contribution is 2.33. The lowest BCUT2D eigenvalue weighted by atomic mass is 9.93. The maximum Gasteiger partial charge on any atom is 0.416 e. The number of nitrogens with one attached hydrogen (secondary N) is 6. The van der Waals surface area contributed by atoms with Gasteiger partial charge in [-0.2, -0.15) is 26.3 Å². The topological polar surface area (TPSA) is 286 Å². The Balaban J connectivity index is 1.69. The zero-order chi connectivity index (χ0) is 48.8. The van der Waals surface area contributed by atoms with E-state index in [0.717, 1.165) is 55.7 Å². The highest BCUT2D eigenvalue weighted by molar-refractivity contribution is 5.91. The molecule has 0 spiro atoms. The van der Waals surface area contributed by atoms with Gasteiger partial charge in [0.2, 0.25) is 11.8 Å². The van der Waals surface area contributed by atoms with E-state index in [1.807, 2.05) is 6.92 Å². The quantitative estimate of drug-likeness (QED) is 0.0674. The van der Waals surface area contributed by atoms with Gasteiger partial charge in [-0.25, -0.2) is 9.59 Å². The number of carboxylic acid groups (broad SMARTS) is 1. The van der Waals surface area contributed by atoms with Crippen molar-refractivity contribution in [3.63, 3.8) is 0 Å². The Labute approximate surface area is 373 Å². The molecule has 368 valence electrons. The van der Waals surface area contributed by atoms with Gasteiger partial charge in [-0.05, 0) is 49.2 Å². The Kier molecular flexibility index (Phi) is 19.8. The molecule has 2 aromatic carbocycles. The lowest BCUT2D eigenvalue weighted by molar-refractivity contribution is -0.293. The van der Waals surface area contributed by atoms with E-state index in [0.29, 0.717) is 25.0 Å². The molecular weight excluding hydrogens is 898 g/mol. The fourth-order valence-electron chi connectivity index (χ4n) is 7.20. The van der Waals surface area contributed by atoms with Crippen molar-refractivity contribution in [3.05, 3.63) is 59.7 Å². The van der Waals surface area contributed by atoms with E-state index in [2.05, 4.69) is 31.9 Å². The summed E-state index contributed by atoms with van der Waals surface area (Å²) < 4.78 is 98.3. The number of carboxylic acids is 1. The molecule has 2 aliphatic rings. The number of amides is 6. The molecule has 2 saturated heterocycles. The van der Waals surface area contributed by atoms with Crippen LogP contribution >= 0.6 is 0 Å². The van der Waals surface area contributed by atoms with Gasteiger partial charge in [0.05, 0.1) is 43.0 Å². The molecule has 2 heterocycles. The van der Waals surface area contributed by atoms with Crippen LogP contribution in [0.1, 0.15) is 69.4 Å². The Morgan fingerprint density at radius 3 is 1.88 bits per heavy atom. The largest absolute Gasteiger partial charge is 0.481 e. The summed E-state index contributed by atoms with van der Waals surface area (Å²) in [5.41, 5.74) is -2.93. The fraction of sp³-hybridized carbons (Fsp3) is 0.585. The molecule has 5 unspecified atom stereocenters. The predicted molar refractivity (Wildman–Crippen MR) is 218 cm³/mol. The SMILES string of the molecule is CCCCCCCC(=O)NC(CCC(=O)O)C(=O)N[C@H]1C(CO)OCC(NC(=O)Nc2cccc(C(F)(F)F)c2)[C@H]1O[C@@H]1OC(CO)[C@@H](O)[C@H](O)C1NC(=O)Nc1cccc(C(F)(F)F)c1. The van der Waals surface area contributed by atoms with Gasteiger partial charge < -0.3 is 71.6 Å². The van der Waals surface area contributed by atoms with Crippen LogP contribution in [0.5, 0.6) is 0 Å². The summed E-state index contributed by atoms with van der Waals surface area (Å²) >= 11 is 0. The summed E-state index contributed by atoms with van der Waals surface area (Å²) in [5, 5.41) is 66.1. The number of unbranched alkanes of at least 4 members (excludes halogenated alkanes) is 4. The van der Waals surface area contributed by atoms with E-state index < -0.39 is 147 Å². The monoisotopic (exact) mass is 952 g/mol. The maximum absolute atomic E-state index is 14.0. The fourth-order valence-corrected chi connectivity index (χ4v) is 7.20. The van der Waals surface area contributed by atoms with Crippen LogP contribution in [0, 0.1) is 0 Å². The first-order chi connectivity index (χ1) is 31.1. The molecule has 0 radical (unpaired) electrons. The Morgan fingerprint density at radius 2 is 1.33 bits per heavy atom. The molecule has 66 heavy (non-hydrogen) atoms. The molecule has 25 heteroatoms. The van der Waals surface area contributed by atoms with Crippen molar-refractivity contribution in [1.82, 2.24) is 21.3 Å². The number of alkyl halides is 6. The summed E-state index contributed by atoms with van der Waals surface area (Å²) in [6, 6.07) is -1.98. The molecule has 0 saturated carbocycles. The second kappa shape index (κ2) is 24.5. The summed E-state index contributed by atoms with van der Waals surface area (Å²) in [6.07, 6.45) is -17.6. The lowest BCUT2D eigenvalue weighted by Crippen LogP contribution is -2.71. The summed E-state index contributed by atoms with van der Waals surface area (Å²) in [6.45, 7) is -0.431. The normalized spacial score (nSPS) is 24.9. The van der Waals surface area contributed by atoms with Crippen molar-refractivity contribution in [1.29, 1.82) is 0 Å². The third-order valence-corrected chi connectivity index (χ3v) is 10.6. The number of rotatable bonds is 20. The first-order valence-corrected chi connectivity index (χ1v) is 21.0. The zero-order valence-electron chi connectivity index (χ0n) is 35.4. The van der Waals surface area contributed by atoms with E-state index in [4.69, 9.17) is 14.2 Å². The molecule has 10 atom stereocenters. The Bertz CT molecular complexity index is 1950. The maximum atomic E-state index is 14.0. The summed E-state index contributed by atoms with van der Waals surface area (Å²) in [5.74, 6) is -2.95. The van der Waals surface area contributed by atoms with Crippen LogP contribution in [0.25, 0.3) is 0 Å². The number of anilines is 2. The molecule has 11 N–H and O–H groups in total. The summed E-state index contributed by atoms with van der Waals surface area (Å²) in [7, 11) is 0. The van der Waals surface area contributed by atoms with E-state index in [1.165, 1.54) is 0 Å². The van der Waals surface area contributed by atoms with Crippen molar-refractivity contribution in [2.45, 2.75) is 132 Å². The van der Waals surface area contributed by atoms with Gasteiger partial charge in [-0.3, -0.25) is 14.4 Å². The Hall–Kier alpha value is -5.31. The number of hydrogen-bond donors (Lipinski definition) is 11. The Morgan fingerprint density at radius 1 is 0.758 bits per heavy atom. The first-order valence-electron chi connectivity index (χ1n) is 21.0. The van der Waals surface area contributed by atoms with Crippen LogP contribution in [0.4, 0.5) is 47.3 Å². The highest BCUT2D eigenvalue weighted by atomic mass is 19.4. The molecule has 6 amide bonds. The highest BCUT2D eigenvalue weighted by Gasteiger charge is 2.51. The van der Waals surface area contributed by atoms with Crippen molar-refractivity contribution >= 4 is 41.2 Å². The van der Waals surface area contributed by atoms with Gasteiger partial charge >= 0.3 is 30.4 Å². The predicted octanol–water partition coefficient (Wildman–Crippen LogP) is 2.81. The molecule has 2 fully saturated rings. The number of carbonyl (C=O) groups excluding carboxylic acids is 4. The van der Waals surface area contributed by atoms with E-state index >= 15 is 0 Å². The van der Waals surface area contributed by atoms with Crippen molar-refractivity contribution in [3.8, 4) is 0 Å². The molecule has 0 bridgehead atoms. The van der Waals surface area contributed by atoms with Crippen LogP contribution < -0.4 is 31.9 Å². The standard InChI is InChI=1S/C41H54F6N6O13/c1-2-3-4-5-6-13-29(56)50-25(14-15-30(57)58)36(61)52-31-27(18-54)64-20-26(51-38(62)48-23-11-7-9-21(16-23)40(42,43)44)35(31)66-37-32(34(60)33(59)28(19-55)65-37)53-39(63)49-24-12-8-10-22(17-24)41(45,46)47/h7-12,16-17,25-28,31-35,37,54-55,59-60H,2-6,13-15,18-20H2,1H3,(H,50,56)(H,52,61)(H,57,58)(H2,48,51,62)(H2,49,53,63)/t25?,26?,27?,28?,31-,32?,33+,34+,35+,37-/m0/s1. The van der Waals surface area contributed by atoms with Crippen LogP contribution in [0.2, 0.25) is 0 Å². The number of aliphatic carboxylic acids is 1. The van der Waals surface area contributed by atoms with E-state index in [9.17, 15) is 75.8 Å². The number of aliphatic hydroxyl groups is 4. The van der Waals surface area contributed by atoms with Crippen LogP contribution in [0.15, 0.2) is 48.5 Å². The van der Waals surface area contributed by atoms with Gasteiger partial charge in [0.15, 0.2) is 6.29 Å². The number of carbonyl (C=O) groups is 5. The first kappa shape index (κ1) is 53.3. The molecule has 0 aromatic heterocycles. The molecule has 2 aliphatic heterocycles. The average Bonchev–Trinajstić information content (AvgIpc) is 3.25. The molecule has 2 aromatic rings. The van der Waals surface area contributed by atoms with Crippen LogP contribution in [0.3, 0.4) is 0 Å². The minimum atomic E-state index is -4.80. The van der Waals surface area contributed by atoms with Crippen LogP contribution in [-0.2, 0) is 40.9 Å². The number of aliphatic hydroxyl groups excluding tert-OH is 4. The van der Waals surface area contributed by atoms with E-state index in [1.54, 1.807) is 0 Å². The van der Waals surface area contributed by atoms with Crippen molar-refractivity contribution in [2.24, 2.45) is 0 Å². The molecule has 0 aliphatic carbocycles. The van der Waals surface area contributed by atoms with Gasteiger partial charge in [0.25, 0.3) is 0 Å². The molecule has 19 nitrogen and oxygen atoms in total. The molecular formula is C41H54F6N6O13. The van der Waals surface area contributed by atoms with Gasteiger partial charge in [0.1, 0.15) is 42.6 Å². The van der Waals surface area contributed by atoms with Gasteiger partial charge in [-0.15, -0.1) is 0 Å². The average molecular weight is 953 g/mol. The van der Waals surface area contributed by atoms with Crippen molar-refractivity contribution in [2.75, 3.05) is 30.5 Å². The minimum absolute atomic E-state index is 0.0138. The summed E-state index contributed by atoms with van der Waals surface area (Å²) in [4.78, 5) is 65.3. The van der Waals surface area contributed by atoms with Crippen molar-refractivity contribution < 1.29 is 90.1 Å². The second-order valence-electron chi connectivity index (χ2n) is 15.6. The third-order valence-electron chi connectivity index (χ3n) is 10.6. The number of halogens is 6. The second-order valence-corrected chi connectivity index (χ2v) is 15.6. The van der Waals surface area contributed by atoms with Crippen LogP contribution in [-0.4, -0.2) is 136 Å². The zero-order valence-corrected chi connectivity index (χ0v) is 35.4. The minimum Gasteiger partial charge on any atom is -0.481 e. The smallest absolute Gasteiger partial charge is 0.416 e. The number of ether oxygens (including phenoxy) is 3. The molecule has 4 rings (SSSR count). The number of hydrogen-bond acceptors (Lipinski definition) is 12. The number of benzene rings is 2.